The molecule has 0 radical (unpaired) electrons. The average molecular weight is 496 g/mol. The molecule has 0 aliphatic carbocycles. The molecule has 2 N–H and O–H groups in total. The summed E-state index contributed by atoms with van der Waals surface area (Å²) in [5, 5.41) is 6.74. The van der Waals surface area contributed by atoms with Crippen LogP contribution in [0.15, 0.2) is 63.9 Å². The Kier molecular flexibility index (Phi) is 7.02. The minimum Gasteiger partial charge on any atom is -0.436 e. The summed E-state index contributed by atoms with van der Waals surface area (Å²) >= 11 is 12.7. The summed E-state index contributed by atoms with van der Waals surface area (Å²) < 4.78 is 6.07. The van der Waals surface area contributed by atoms with Gasteiger partial charge in [0.25, 0.3) is 0 Å². The summed E-state index contributed by atoms with van der Waals surface area (Å²) in [6.45, 7) is 6.02. The fourth-order valence-corrected chi connectivity index (χ4v) is 4.54. The smallest absolute Gasteiger partial charge is 0.236 e. The Morgan fingerprint density at radius 2 is 1.88 bits per heavy atom. The molecule has 5 nitrogen and oxygen atoms in total. The van der Waals surface area contributed by atoms with Crippen molar-refractivity contribution in [3.8, 4) is 11.5 Å². The van der Waals surface area contributed by atoms with Crippen molar-refractivity contribution >= 4 is 63.4 Å². The van der Waals surface area contributed by atoms with Crippen molar-refractivity contribution in [2.75, 3.05) is 11.1 Å². The number of oxazole rings is 1. The van der Waals surface area contributed by atoms with Gasteiger partial charge >= 0.3 is 0 Å². The van der Waals surface area contributed by atoms with Crippen LogP contribution in [0.3, 0.4) is 0 Å². The summed E-state index contributed by atoms with van der Waals surface area (Å²) in [7, 11) is 0. The van der Waals surface area contributed by atoms with E-state index in [0.29, 0.717) is 10.9 Å². The summed E-state index contributed by atoms with van der Waals surface area (Å²) in [6.07, 6.45) is 0. The molecule has 4 aromatic rings. The maximum absolute atomic E-state index is 12.3. The van der Waals surface area contributed by atoms with Crippen molar-refractivity contribution in [3.63, 3.8) is 0 Å². The van der Waals surface area contributed by atoms with E-state index in [1.165, 1.54) is 11.8 Å². The van der Waals surface area contributed by atoms with Crippen molar-refractivity contribution in [2.24, 2.45) is 0 Å². The van der Waals surface area contributed by atoms with E-state index in [0.717, 1.165) is 43.9 Å². The molecular formula is C25H22ClN3O2S2. The van der Waals surface area contributed by atoms with Gasteiger partial charge in [0.1, 0.15) is 5.52 Å². The number of benzene rings is 3. The van der Waals surface area contributed by atoms with E-state index in [4.69, 9.17) is 28.2 Å². The molecule has 0 saturated heterocycles. The first-order valence-electron chi connectivity index (χ1n) is 10.3. The minimum atomic E-state index is -0.189. The normalized spacial score (nSPS) is 10.9. The van der Waals surface area contributed by atoms with Gasteiger partial charge in [-0.1, -0.05) is 23.7 Å². The molecule has 1 amide bonds. The molecule has 0 spiro atoms. The molecule has 0 aliphatic heterocycles. The van der Waals surface area contributed by atoms with Crippen molar-refractivity contribution in [2.45, 2.75) is 25.7 Å². The number of nitrogens with one attached hydrogen (secondary N) is 2. The minimum absolute atomic E-state index is 0.189. The molecule has 168 valence electrons. The highest BCUT2D eigenvalue weighted by molar-refractivity contribution is 8.00. The largest absolute Gasteiger partial charge is 0.436 e. The van der Waals surface area contributed by atoms with Crippen molar-refractivity contribution < 1.29 is 9.21 Å². The van der Waals surface area contributed by atoms with Gasteiger partial charge in [-0.05, 0) is 92.1 Å². The van der Waals surface area contributed by atoms with Crippen LogP contribution in [0.2, 0.25) is 5.02 Å². The lowest BCUT2D eigenvalue weighted by Gasteiger charge is -2.13. The van der Waals surface area contributed by atoms with Crippen LogP contribution in [0, 0.1) is 20.8 Å². The number of anilines is 1. The van der Waals surface area contributed by atoms with Crippen LogP contribution in [0.4, 0.5) is 5.69 Å². The number of hydrogen-bond acceptors (Lipinski definition) is 5. The van der Waals surface area contributed by atoms with Gasteiger partial charge in [0.15, 0.2) is 10.7 Å². The Labute approximate surface area is 206 Å². The number of fused-ring (bicyclic) bond motifs is 1. The Hall–Kier alpha value is -2.87. The Bertz CT molecular complexity index is 1350. The molecular weight excluding hydrogens is 474 g/mol. The van der Waals surface area contributed by atoms with Gasteiger partial charge in [-0.3, -0.25) is 4.79 Å². The highest BCUT2D eigenvalue weighted by atomic mass is 35.5. The average Bonchev–Trinajstić information content (AvgIpc) is 3.19. The number of halogens is 1. The van der Waals surface area contributed by atoms with Crippen LogP contribution in [0.5, 0.6) is 0 Å². The van der Waals surface area contributed by atoms with Crippen molar-refractivity contribution in [3.05, 3.63) is 76.3 Å². The van der Waals surface area contributed by atoms with Gasteiger partial charge in [-0.2, -0.15) is 0 Å². The van der Waals surface area contributed by atoms with E-state index in [1.807, 2.05) is 57.2 Å². The zero-order valence-corrected chi connectivity index (χ0v) is 20.8. The van der Waals surface area contributed by atoms with Gasteiger partial charge in [-0.15, -0.1) is 11.8 Å². The number of amides is 1. The van der Waals surface area contributed by atoms with E-state index in [9.17, 15) is 4.79 Å². The van der Waals surface area contributed by atoms with Gasteiger partial charge in [0, 0.05) is 21.2 Å². The van der Waals surface area contributed by atoms with Gasteiger partial charge in [0.05, 0.1) is 5.75 Å². The molecule has 1 aromatic heterocycles. The predicted octanol–water partition coefficient (Wildman–Crippen LogP) is 6.68. The Morgan fingerprint density at radius 3 is 2.64 bits per heavy atom. The second-order valence-electron chi connectivity index (χ2n) is 7.67. The number of hydrogen-bond donors (Lipinski definition) is 2. The van der Waals surface area contributed by atoms with Crippen LogP contribution < -0.4 is 10.6 Å². The zero-order valence-electron chi connectivity index (χ0n) is 18.4. The molecule has 0 unspecified atom stereocenters. The lowest BCUT2D eigenvalue weighted by Crippen LogP contribution is -2.35. The predicted molar refractivity (Wildman–Crippen MR) is 140 cm³/mol. The van der Waals surface area contributed by atoms with Crippen LogP contribution in [-0.2, 0) is 4.79 Å². The second kappa shape index (κ2) is 9.95. The lowest BCUT2D eigenvalue weighted by molar-refractivity contribution is -0.117. The zero-order chi connectivity index (χ0) is 23.5. The number of nitrogens with zero attached hydrogens (tertiary/aromatic N) is 1. The highest BCUT2D eigenvalue weighted by Crippen LogP contribution is 2.32. The summed E-state index contributed by atoms with van der Waals surface area (Å²) in [5.41, 5.74) is 6.37. The fourth-order valence-electron chi connectivity index (χ4n) is 3.49. The molecule has 8 heteroatoms. The van der Waals surface area contributed by atoms with E-state index < -0.39 is 0 Å². The number of rotatable bonds is 5. The lowest BCUT2D eigenvalue weighted by atomic mass is 10.1. The van der Waals surface area contributed by atoms with Crippen LogP contribution in [-0.4, -0.2) is 21.8 Å². The molecule has 0 bridgehead atoms. The third-order valence-electron chi connectivity index (χ3n) is 5.07. The van der Waals surface area contributed by atoms with Crippen LogP contribution in [0.25, 0.3) is 22.6 Å². The first-order valence-corrected chi connectivity index (χ1v) is 12.0. The van der Waals surface area contributed by atoms with Crippen molar-refractivity contribution in [1.29, 1.82) is 0 Å². The van der Waals surface area contributed by atoms with Gasteiger partial charge < -0.3 is 15.1 Å². The first-order chi connectivity index (χ1) is 15.8. The number of aromatic nitrogens is 1. The van der Waals surface area contributed by atoms with E-state index >= 15 is 0 Å². The third kappa shape index (κ3) is 5.55. The molecule has 0 atom stereocenters. The SMILES string of the molecule is Cc1cc(C)c2oc(-c3cccc(NC(=S)NC(=O)CSc4ccc(Cl)cc4)c3C)nc2c1. The third-order valence-corrected chi connectivity index (χ3v) is 6.54. The first kappa shape index (κ1) is 23.3. The van der Waals surface area contributed by atoms with E-state index in [2.05, 4.69) is 21.7 Å². The molecule has 1 heterocycles. The fraction of sp³-hybridized carbons (Fsp3) is 0.160. The molecule has 0 saturated carbocycles. The number of carbonyl (C=O) groups is 1. The van der Waals surface area contributed by atoms with Crippen molar-refractivity contribution in [1.82, 2.24) is 10.3 Å². The maximum Gasteiger partial charge on any atom is 0.236 e. The summed E-state index contributed by atoms with van der Waals surface area (Å²) in [5.74, 6) is 0.602. The topological polar surface area (TPSA) is 67.2 Å². The molecule has 3 aromatic carbocycles. The molecule has 0 aliphatic rings. The number of aryl methyl sites for hydroxylation is 2. The number of carbonyl (C=O) groups excluding carboxylic acids is 1. The summed E-state index contributed by atoms with van der Waals surface area (Å²) in [4.78, 5) is 17.9. The van der Waals surface area contributed by atoms with Crippen LogP contribution >= 0.6 is 35.6 Å². The molecule has 0 fully saturated rings. The van der Waals surface area contributed by atoms with Gasteiger partial charge in [-0.25, -0.2) is 4.98 Å². The Morgan fingerprint density at radius 1 is 1.12 bits per heavy atom. The quantitative estimate of drug-likeness (QED) is 0.238. The van der Waals surface area contributed by atoms with E-state index in [1.54, 1.807) is 12.1 Å². The number of thiocarbonyl (C=S) groups is 1. The highest BCUT2D eigenvalue weighted by Gasteiger charge is 2.15. The van der Waals surface area contributed by atoms with Crippen LogP contribution in [0.1, 0.15) is 16.7 Å². The molecule has 4 rings (SSSR count). The van der Waals surface area contributed by atoms with Gasteiger partial charge in [0.2, 0.25) is 11.8 Å². The monoisotopic (exact) mass is 495 g/mol. The molecule has 33 heavy (non-hydrogen) atoms. The maximum atomic E-state index is 12.3. The standard InChI is InChI=1S/C25H22ClN3O2S2/c1-14-11-15(2)23-21(12-14)27-24(31-23)19-5-4-6-20(16(19)3)28-25(32)29-22(30)13-33-18-9-7-17(26)8-10-18/h4-12H,13H2,1-3H3,(H2,28,29,30,32). The van der Waals surface area contributed by atoms with E-state index in [-0.39, 0.29) is 16.8 Å². The Balaban J connectivity index is 1.44. The number of thioether (sulfide) groups is 1. The second-order valence-corrected chi connectivity index (χ2v) is 9.57. The summed E-state index contributed by atoms with van der Waals surface area (Å²) in [6, 6.07) is 17.2.